The molecule has 2 rings (SSSR count). The second-order valence-corrected chi connectivity index (χ2v) is 4.22. The van der Waals surface area contributed by atoms with Crippen LogP contribution in [0.15, 0.2) is 24.3 Å². The van der Waals surface area contributed by atoms with Crippen molar-refractivity contribution < 1.29 is 9.53 Å². The molecule has 1 aliphatic heterocycles. The molecule has 18 heavy (non-hydrogen) atoms. The molecule has 0 bridgehead atoms. The van der Waals surface area contributed by atoms with Gasteiger partial charge in [0.25, 0.3) is 0 Å². The molecule has 0 aromatic heterocycles. The van der Waals surface area contributed by atoms with Crippen molar-refractivity contribution in [2.24, 2.45) is 0 Å². The minimum atomic E-state index is -0.0501. The molecule has 1 heterocycles. The van der Waals surface area contributed by atoms with Gasteiger partial charge in [-0.1, -0.05) is 6.42 Å². The number of hydrogen-bond acceptors (Lipinski definition) is 3. The highest BCUT2D eigenvalue weighted by molar-refractivity contribution is 5.94. The molecular formula is C13H19ClN2O2. The van der Waals surface area contributed by atoms with Crippen LogP contribution in [0.5, 0.6) is 5.75 Å². The predicted octanol–water partition coefficient (Wildman–Crippen LogP) is 2.20. The molecule has 0 aliphatic carbocycles. The van der Waals surface area contributed by atoms with Gasteiger partial charge in [-0.2, -0.15) is 0 Å². The number of piperidine rings is 1. The Hall–Kier alpha value is -1.26. The van der Waals surface area contributed by atoms with Crippen LogP contribution in [0.25, 0.3) is 0 Å². The summed E-state index contributed by atoms with van der Waals surface area (Å²) in [6, 6.07) is 7.32. The summed E-state index contributed by atoms with van der Waals surface area (Å²) < 4.78 is 5.07. The maximum atomic E-state index is 11.9. The quantitative estimate of drug-likeness (QED) is 0.885. The summed E-state index contributed by atoms with van der Waals surface area (Å²) in [5, 5.41) is 6.13. The van der Waals surface area contributed by atoms with Gasteiger partial charge in [-0.25, -0.2) is 0 Å². The first-order valence-corrected chi connectivity index (χ1v) is 5.98. The topological polar surface area (TPSA) is 50.4 Å². The van der Waals surface area contributed by atoms with Gasteiger partial charge in [0.05, 0.1) is 13.2 Å². The standard InChI is InChI=1S/C13H18N2O2.ClH/c1-17-11-7-5-10(6-8-11)15-13(16)12-4-2-3-9-14-12;/h5-8,12,14H,2-4,9H2,1H3,(H,15,16);1H/t12-;/m0./s1. The van der Waals surface area contributed by atoms with E-state index >= 15 is 0 Å². The Morgan fingerprint density at radius 3 is 2.61 bits per heavy atom. The van der Waals surface area contributed by atoms with E-state index in [0.29, 0.717) is 0 Å². The zero-order valence-corrected chi connectivity index (χ0v) is 11.3. The lowest BCUT2D eigenvalue weighted by Gasteiger charge is -2.22. The molecule has 5 heteroatoms. The zero-order valence-electron chi connectivity index (χ0n) is 10.4. The van der Waals surface area contributed by atoms with E-state index in [9.17, 15) is 4.79 Å². The lowest BCUT2D eigenvalue weighted by atomic mass is 10.0. The number of amides is 1. The molecule has 2 N–H and O–H groups in total. The molecular weight excluding hydrogens is 252 g/mol. The Morgan fingerprint density at radius 1 is 1.33 bits per heavy atom. The van der Waals surface area contributed by atoms with E-state index in [1.54, 1.807) is 7.11 Å². The van der Waals surface area contributed by atoms with Crippen LogP contribution in [-0.4, -0.2) is 25.6 Å². The summed E-state index contributed by atoms with van der Waals surface area (Å²) in [6.07, 6.45) is 3.20. The summed E-state index contributed by atoms with van der Waals surface area (Å²) in [6.45, 7) is 0.931. The van der Waals surface area contributed by atoms with Gasteiger partial charge in [0.1, 0.15) is 5.75 Å². The van der Waals surface area contributed by atoms with Crippen molar-refractivity contribution in [3.05, 3.63) is 24.3 Å². The largest absolute Gasteiger partial charge is 0.497 e. The van der Waals surface area contributed by atoms with Crippen molar-refractivity contribution in [3.63, 3.8) is 0 Å². The van der Waals surface area contributed by atoms with E-state index in [1.807, 2.05) is 24.3 Å². The van der Waals surface area contributed by atoms with Crippen molar-refractivity contribution in [1.82, 2.24) is 5.32 Å². The number of nitrogens with one attached hydrogen (secondary N) is 2. The van der Waals surface area contributed by atoms with Crippen LogP contribution in [0.4, 0.5) is 5.69 Å². The molecule has 100 valence electrons. The van der Waals surface area contributed by atoms with Gasteiger partial charge in [-0.15, -0.1) is 12.4 Å². The maximum absolute atomic E-state index is 11.9. The van der Waals surface area contributed by atoms with E-state index in [0.717, 1.165) is 37.2 Å². The molecule has 4 nitrogen and oxygen atoms in total. The number of ether oxygens (including phenoxy) is 1. The number of rotatable bonds is 3. The molecule has 0 radical (unpaired) electrons. The third kappa shape index (κ3) is 3.89. The van der Waals surface area contributed by atoms with Gasteiger partial charge in [-0.3, -0.25) is 4.79 Å². The fraction of sp³-hybridized carbons (Fsp3) is 0.462. The van der Waals surface area contributed by atoms with Crippen LogP contribution in [0.3, 0.4) is 0 Å². The van der Waals surface area contributed by atoms with E-state index in [4.69, 9.17) is 4.74 Å². The first kappa shape index (κ1) is 14.8. The van der Waals surface area contributed by atoms with Crippen molar-refractivity contribution >= 4 is 24.0 Å². The molecule has 1 amide bonds. The Labute approximate surface area is 114 Å². The number of carbonyl (C=O) groups is 1. The highest BCUT2D eigenvalue weighted by Gasteiger charge is 2.20. The third-order valence-electron chi connectivity index (χ3n) is 2.98. The molecule has 0 spiro atoms. The molecule has 1 aliphatic rings. The summed E-state index contributed by atoms with van der Waals surface area (Å²) in [4.78, 5) is 11.9. The molecule has 0 saturated carbocycles. The van der Waals surface area contributed by atoms with Gasteiger partial charge < -0.3 is 15.4 Å². The average molecular weight is 271 g/mol. The van der Waals surface area contributed by atoms with Crippen LogP contribution < -0.4 is 15.4 Å². The Balaban J connectivity index is 0.00000162. The number of methoxy groups -OCH3 is 1. The fourth-order valence-corrected chi connectivity index (χ4v) is 1.98. The predicted molar refractivity (Wildman–Crippen MR) is 74.5 cm³/mol. The van der Waals surface area contributed by atoms with Gasteiger partial charge >= 0.3 is 0 Å². The number of hydrogen-bond donors (Lipinski definition) is 2. The number of benzene rings is 1. The van der Waals surface area contributed by atoms with Crippen LogP contribution in [0.2, 0.25) is 0 Å². The molecule has 0 unspecified atom stereocenters. The third-order valence-corrected chi connectivity index (χ3v) is 2.98. The summed E-state index contributed by atoms with van der Waals surface area (Å²) in [5.74, 6) is 0.841. The van der Waals surface area contributed by atoms with Crippen LogP contribution >= 0.6 is 12.4 Å². The molecule has 1 saturated heterocycles. The highest BCUT2D eigenvalue weighted by atomic mass is 35.5. The Morgan fingerprint density at radius 2 is 2.06 bits per heavy atom. The maximum Gasteiger partial charge on any atom is 0.241 e. The number of halogens is 1. The van der Waals surface area contributed by atoms with E-state index < -0.39 is 0 Å². The zero-order chi connectivity index (χ0) is 12.1. The van der Waals surface area contributed by atoms with Gasteiger partial charge in [0, 0.05) is 5.69 Å². The van der Waals surface area contributed by atoms with E-state index in [2.05, 4.69) is 10.6 Å². The fourth-order valence-electron chi connectivity index (χ4n) is 1.98. The van der Waals surface area contributed by atoms with Gasteiger partial charge in [0.15, 0.2) is 0 Å². The Kier molecular flexibility index (Phi) is 5.95. The smallest absolute Gasteiger partial charge is 0.241 e. The minimum absolute atomic E-state index is 0. The second-order valence-electron chi connectivity index (χ2n) is 4.22. The van der Waals surface area contributed by atoms with Gasteiger partial charge in [0.2, 0.25) is 5.91 Å². The summed E-state index contributed by atoms with van der Waals surface area (Å²) in [7, 11) is 1.62. The Bertz CT molecular complexity index is 375. The summed E-state index contributed by atoms with van der Waals surface area (Å²) in [5.41, 5.74) is 0.808. The van der Waals surface area contributed by atoms with Crippen LogP contribution in [0, 0.1) is 0 Å². The van der Waals surface area contributed by atoms with E-state index in [1.165, 1.54) is 0 Å². The molecule has 1 fully saturated rings. The van der Waals surface area contributed by atoms with Crippen LogP contribution in [0.1, 0.15) is 19.3 Å². The van der Waals surface area contributed by atoms with Crippen LogP contribution in [-0.2, 0) is 4.79 Å². The van der Waals surface area contributed by atoms with Gasteiger partial charge in [-0.05, 0) is 43.7 Å². The second kappa shape index (κ2) is 7.24. The average Bonchev–Trinajstić information content (AvgIpc) is 2.40. The van der Waals surface area contributed by atoms with E-state index in [-0.39, 0.29) is 24.4 Å². The minimum Gasteiger partial charge on any atom is -0.497 e. The van der Waals surface area contributed by atoms with Crippen molar-refractivity contribution in [2.45, 2.75) is 25.3 Å². The highest BCUT2D eigenvalue weighted by Crippen LogP contribution is 2.16. The molecule has 1 atom stereocenters. The number of anilines is 1. The molecule has 1 aromatic rings. The summed E-state index contributed by atoms with van der Waals surface area (Å²) >= 11 is 0. The SMILES string of the molecule is COc1ccc(NC(=O)[C@@H]2CCCCN2)cc1.Cl. The lowest BCUT2D eigenvalue weighted by Crippen LogP contribution is -2.43. The lowest BCUT2D eigenvalue weighted by molar-refractivity contribution is -0.118. The normalized spacial score (nSPS) is 18.6. The first-order valence-electron chi connectivity index (χ1n) is 5.98. The van der Waals surface area contributed by atoms with Crippen molar-refractivity contribution in [1.29, 1.82) is 0 Å². The first-order chi connectivity index (χ1) is 8.29. The monoisotopic (exact) mass is 270 g/mol. The van der Waals surface area contributed by atoms with Crippen molar-refractivity contribution in [3.8, 4) is 5.75 Å². The van der Waals surface area contributed by atoms with Crippen molar-refractivity contribution in [2.75, 3.05) is 19.0 Å². The molecule has 1 aromatic carbocycles. The number of carbonyl (C=O) groups excluding carboxylic acids is 1.